The minimum Gasteiger partial charge on any atom is -0.403 e. The smallest absolute Gasteiger partial charge is 0.347 e. The van der Waals surface area contributed by atoms with Gasteiger partial charge in [0.1, 0.15) is 5.03 Å². The van der Waals surface area contributed by atoms with Gasteiger partial charge in [0.15, 0.2) is 0 Å². The first-order valence-corrected chi connectivity index (χ1v) is 6.91. The van der Waals surface area contributed by atoms with Gasteiger partial charge >= 0.3 is 5.63 Å². The zero-order chi connectivity index (χ0) is 13.2. The quantitative estimate of drug-likeness (QED) is 0.670. The number of thioether (sulfide) groups is 1. The number of hydrogen-bond acceptors (Lipinski definition) is 5. The highest BCUT2D eigenvalue weighted by atomic mass is 32.2. The molecule has 0 unspecified atom stereocenters. The standard InChI is InChI=1S/C14H10N2O2S/c1-19-13-10(6-4-8-15-13)12-16-11-7-3-2-5-9(11)14(17)18-12/h2-8H,1H3. The third-order valence-electron chi connectivity index (χ3n) is 2.73. The van der Waals surface area contributed by atoms with Crippen LogP contribution < -0.4 is 5.63 Å². The monoisotopic (exact) mass is 270 g/mol. The molecule has 2 aromatic heterocycles. The molecule has 94 valence electrons. The zero-order valence-corrected chi connectivity index (χ0v) is 11.0. The highest BCUT2D eigenvalue weighted by molar-refractivity contribution is 7.98. The van der Waals surface area contributed by atoms with Gasteiger partial charge in [-0.2, -0.15) is 0 Å². The van der Waals surface area contributed by atoms with Crippen molar-refractivity contribution in [2.45, 2.75) is 5.03 Å². The topological polar surface area (TPSA) is 56.0 Å². The van der Waals surface area contributed by atoms with Crippen molar-refractivity contribution in [1.82, 2.24) is 9.97 Å². The first kappa shape index (κ1) is 11.9. The van der Waals surface area contributed by atoms with E-state index in [1.165, 1.54) is 11.8 Å². The van der Waals surface area contributed by atoms with Gasteiger partial charge in [0.2, 0.25) is 5.89 Å². The Kier molecular flexibility index (Phi) is 3.05. The van der Waals surface area contributed by atoms with E-state index in [1.54, 1.807) is 30.5 Å². The summed E-state index contributed by atoms with van der Waals surface area (Å²) in [6, 6.07) is 10.8. The van der Waals surface area contributed by atoms with Crippen LogP contribution in [-0.2, 0) is 0 Å². The second kappa shape index (κ2) is 4.85. The molecule has 0 N–H and O–H groups in total. The van der Waals surface area contributed by atoms with E-state index in [0.29, 0.717) is 16.8 Å². The Morgan fingerprint density at radius 1 is 1.16 bits per heavy atom. The molecule has 3 rings (SSSR count). The average Bonchev–Trinajstić information content (AvgIpc) is 2.47. The van der Waals surface area contributed by atoms with Gasteiger partial charge in [-0.05, 0) is 30.5 Å². The van der Waals surface area contributed by atoms with Crippen molar-refractivity contribution < 1.29 is 4.42 Å². The Morgan fingerprint density at radius 3 is 2.84 bits per heavy atom. The van der Waals surface area contributed by atoms with E-state index in [2.05, 4.69) is 9.97 Å². The van der Waals surface area contributed by atoms with Gasteiger partial charge in [-0.1, -0.05) is 12.1 Å². The Bertz CT molecular complexity index is 799. The predicted octanol–water partition coefficient (Wildman–Crippen LogP) is 2.97. The number of fused-ring (bicyclic) bond motifs is 1. The summed E-state index contributed by atoms with van der Waals surface area (Å²) in [5, 5.41) is 1.27. The molecular formula is C14H10N2O2S. The molecule has 0 aliphatic heterocycles. The maximum atomic E-state index is 11.9. The summed E-state index contributed by atoms with van der Waals surface area (Å²) < 4.78 is 5.30. The van der Waals surface area contributed by atoms with Crippen LogP contribution in [0.1, 0.15) is 0 Å². The molecule has 3 aromatic rings. The van der Waals surface area contributed by atoms with E-state index < -0.39 is 0 Å². The average molecular weight is 270 g/mol. The molecule has 19 heavy (non-hydrogen) atoms. The first-order valence-electron chi connectivity index (χ1n) is 5.69. The van der Waals surface area contributed by atoms with Crippen LogP contribution >= 0.6 is 11.8 Å². The lowest BCUT2D eigenvalue weighted by molar-refractivity contribution is 0.516. The SMILES string of the molecule is CSc1ncccc1-c1nc2ccccc2c(=O)o1. The number of benzene rings is 1. The van der Waals surface area contributed by atoms with Gasteiger partial charge < -0.3 is 4.42 Å². The molecule has 0 saturated carbocycles. The molecule has 0 aliphatic rings. The van der Waals surface area contributed by atoms with Crippen molar-refractivity contribution in [3.05, 3.63) is 53.0 Å². The number of rotatable bonds is 2. The lowest BCUT2D eigenvalue weighted by Crippen LogP contribution is -2.03. The van der Waals surface area contributed by atoms with Gasteiger partial charge in [0, 0.05) is 6.20 Å². The van der Waals surface area contributed by atoms with Crippen molar-refractivity contribution in [2.75, 3.05) is 6.26 Å². The highest BCUT2D eigenvalue weighted by Gasteiger charge is 2.12. The molecule has 0 bridgehead atoms. The summed E-state index contributed by atoms with van der Waals surface area (Å²) >= 11 is 1.49. The van der Waals surface area contributed by atoms with E-state index in [1.807, 2.05) is 18.4 Å². The third kappa shape index (κ3) is 2.13. The molecule has 0 radical (unpaired) electrons. The lowest BCUT2D eigenvalue weighted by atomic mass is 10.2. The van der Waals surface area contributed by atoms with Crippen LogP contribution in [0.5, 0.6) is 0 Å². The second-order valence-electron chi connectivity index (χ2n) is 3.88. The van der Waals surface area contributed by atoms with Crippen LogP contribution in [0.3, 0.4) is 0 Å². The van der Waals surface area contributed by atoms with Crippen molar-refractivity contribution in [3.8, 4) is 11.5 Å². The van der Waals surface area contributed by atoms with Crippen molar-refractivity contribution in [1.29, 1.82) is 0 Å². The Hall–Kier alpha value is -2.14. The molecule has 0 saturated heterocycles. The zero-order valence-electron chi connectivity index (χ0n) is 10.2. The normalized spacial score (nSPS) is 10.8. The van der Waals surface area contributed by atoms with Crippen LogP contribution in [0.4, 0.5) is 0 Å². The maximum absolute atomic E-state index is 11.9. The van der Waals surface area contributed by atoms with E-state index in [0.717, 1.165) is 10.6 Å². The largest absolute Gasteiger partial charge is 0.403 e. The van der Waals surface area contributed by atoms with Crippen LogP contribution in [-0.4, -0.2) is 16.2 Å². The molecule has 2 heterocycles. The molecule has 0 aliphatic carbocycles. The molecule has 0 amide bonds. The summed E-state index contributed by atoms with van der Waals surface area (Å²) in [6.45, 7) is 0. The second-order valence-corrected chi connectivity index (χ2v) is 4.68. The van der Waals surface area contributed by atoms with Crippen LogP contribution in [0.15, 0.2) is 56.8 Å². The van der Waals surface area contributed by atoms with Gasteiger partial charge in [0.25, 0.3) is 0 Å². The summed E-state index contributed by atoms with van der Waals surface area (Å²) in [7, 11) is 0. The minimum absolute atomic E-state index is 0.307. The Morgan fingerprint density at radius 2 is 2.00 bits per heavy atom. The molecule has 0 spiro atoms. The van der Waals surface area contributed by atoms with Gasteiger partial charge in [0.05, 0.1) is 16.5 Å². The Labute approximate surface area is 113 Å². The summed E-state index contributed by atoms with van der Waals surface area (Å²) in [6.07, 6.45) is 3.62. The third-order valence-corrected chi connectivity index (χ3v) is 3.44. The fourth-order valence-electron chi connectivity index (χ4n) is 1.85. The molecule has 4 nitrogen and oxygen atoms in total. The van der Waals surface area contributed by atoms with Crippen LogP contribution in [0, 0.1) is 0 Å². The fourth-order valence-corrected chi connectivity index (χ4v) is 2.39. The number of hydrogen-bond donors (Lipinski definition) is 0. The number of pyridine rings is 1. The molecule has 1 aromatic carbocycles. The molecule has 5 heteroatoms. The molecule has 0 atom stereocenters. The van der Waals surface area contributed by atoms with E-state index in [4.69, 9.17) is 4.42 Å². The van der Waals surface area contributed by atoms with E-state index in [-0.39, 0.29) is 5.63 Å². The highest BCUT2D eigenvalue weighted by Crippen LogP contribution is 2.26. The summed E-state index contributed by atoms with van der Waals surface area (Å²) in [5.41, 5.74) is 0.985. The Balaban J connectivity index is 2.29. The van der Waals surface area contributed by atoms with Crippen LogP contribution in [0.2, 0.25) is 0 Å². The van der Waals surface area contributed by atoms with Gasteiger partial charge in [-0.3, -0.25) is 0 Å². The summed E-state index contributed by atoms with van der Waals surface area (Å²) in [4.78, 5) is 20.6. The minimum atomic E-state index is -0.378. The van der Waals surface area contributed by atoms with Crippen molar-refractivity contribution >= 4 is 22.7 Å². The number of nitrogens with zero attached hydrogens (tertiary/aromatic N) is 2. The summed E-state index contributed by atoms with van der Waals surface area (Å²) in [5.74, 6) is 0.307. The van der Waals surface area contributed by atoms with E-state index >= 15 is 0 Å². The van der Waals surface area contributed by atoms with Crippen molar-refractivity contribution in [3.63, 3.8) is 0 Å². The fraction of sp³-hybridized carbons (Fsp3) is 0.0714. The van der Waals surface area contributed by atoms with Gasteiger partial charge in [-0.25, -0.2) is 14.8 Å². The van der Waals surface area contributed by atoms with Crippen LogP contribution in [0.25, 0.3) is 22.4 Å². The van der Waals surface area contributed by atoms with Gasteiger partial charge in [-0.15, -0.1) is 11.8 Å². The lowest BCUT2D eigenvalue weighted by Gasteiger charge is -2.04. The molecular weight excluding hydrogens is 260 g/mol. The predicted molar refractivity (Wildman–Crippen MR) is 75.3 cm³/mol. The number of para-hydroxylation sites is 1. The first-order chi connectivity index (χ1) is 9.29. The maximum Gasteiger partial charge on any atom is 0.347 e. The number of aromatic nitrogens is 2. The van der Waals surface area contributed by atoms with Crippen molar-refractivity contribution in [2.24, 2.45) is 0 Å². The molecule has 0 fully saturated rings. The van der Waals surface area contributed by atoms with E-state index in [9.17, 15) is 4.79 Å².